The molecule has 1 aliphatic rings. The molecule has 9 nitrogen and oxygen atoms in total. The summed E-state index contributed by atoms with van der Waals surface area (Å²) in [5.74, 6) is -0.618. The maximum absolute atomic E-state index is 13.6. The summed E-state index contributed by atoms with van der Waals surface area (Å²) in [6.07, 6.45) is 1.56. The summed E-state index contributed by atoms with van der Waals surface area (Å²) in [7, 11) is 3.03. The van der Waals surface area contributed by atoms with E-state index in [1.165, 1.54) is 37.0 Å². The normalized spacial score (nSPS) is 14.7. The van der Waals surface area contributed by atoms with Crippen molar-refractivity contribution in [3.63, 3.8) is 0 Å². The van der Waals surface area contributed by atoms with Crippen LogP contribution in [0.15, 0.2) is 112 Å². The van der Waals surface area contributed by atoms with Gasteiger partial charge < -0.3 is 20.1 Å². The van der Waals surface area contributed by atoms with Crippen LogP contribution in [0.2, 0.25) is 0 Å². The molecule has 0 unspecified atom stereocenters. The Morgan fingerprint density at radius 3 is 2.38 bits per heavy atom. The van der Waals surface area contributed by atoms with Gasteiger partial charge in [-0.2, -0.15) is 0 Å². The molecule has 4 aromatic carbocycles. The minimum absolute atomic E-state index is 0.0323. The summed E-state index contributed by atoms with van der Waals surface area (Å²) < 4.78 is 11.6. The topological polar surface area (TPSA) is 114 Å². The quantitative estimate of drug-likeness (QED) is 0.149. The average molecular weight is 687 g/mol. The molecule has 0 radical (unpaired) electrons. The van der Waals surface area contributed by atoms with E-state index in [1.807, 2.05) is 0 Å². The number of imide groups is 1. The molecule has 1 fully saturated rings. The summed E-state index contributed by atoms with van der Waals surface area (Å²) in [4.78, 5) is 54.5. The molecule has 0 bridgehead atoms. The Labute approximate surface area is 272 Å². The first kappa shape index (κ1) is 31.6. The molecule has 4 amide bonds. The highest BCUT2D eigenvalue weighted by Crippen LogP contribution is 2.35. The molecule has 1 heterocycles. The van der Waals surface area contributed by atoms with Gasteiger partial charge in [-0.3, -0.25) is 19.2 Å². The Hall–Kier alpha value is -4.87. The van der Waals surface area contributed by atoms with Crippen molar-refractivity contribution >= 4 is 68.8 Å². The first-order chi connectivity index (χ1) is 21.7. The number of anilines is 2. The van der Waals surface area contributed by atoms with Gasteiger partial charge >= 0.3 is 0 Å². The van der Waals surface area contributed by atoms with E-state index in [-0.39, 0.29) is 23.9 Å². The molecule has 1 atom stereocenters. The number of nitrogens with one attached hydrogen (secondary N) is 2. The third-order valence-electron chi connectivity index (χ3n) is 6.83. The van der Waals surface area contributed by atoms with Crippen LogP contribution in [0.5, 0.6) is 11.5 Å². The number of carbonyl (C=O) groups excluding carboxylic acids is 4. The summed E-state index contributed by atoms with van der Waals surface area (Å²) in [5, 5.41) is 4.94. The molecule has 228 valence electrons. The molecular formula is C34H28BrN3O6S. The molecule has 1 saturated heterocycles. The molecule has 1 aliphatic heterocycles. The second-order valence-electron chi connectivity index (χ2n) is 9.82. The number of rotatable bonds is 10. The van der Waals surface area contributed by atoms with Crippen LogP contribution in [0, 0.1) is 0 Å². The largest absolute Gasteiger partial charge is 0.497 e. The second kappa shape index (κ2) is 14.3. The first-order valence-corrected chi connectivity index (χ1v) is 15.4. The van der Waals surface area contributed by atoms with Gasteiger partial charge in [-0.25, -0.2) is 4.90 Å². The van der Waals surface area contributed by atoms with Crippen molar-refractivity contribution in [3.8, 4) is 11.5 Å². The van der Waals surface area contributed by atoms with Crippen LogP contribution in [0.25, 0.3) is 6.08 Å². The van der Waals surface area contributed by atoms with Crippen molar-refractivity contribution in [2.24, 2.45) is 0 Å². The molecule has 0 spiro atoms. The van der Waals surface area contributed by atoms with Crippen LogP contribution in [0.1, 0.15) is 22.3 Å². The zero-order chi connectivity index (χ0) is 31.9. The zero-order valence-corrected chi connectivity index (χ0v) is 26.7. The van der Waals surface area contributed by atoms with Gasteiger partial charge in [0.25, 0.3) is 11.8 Å². The number of carbonyl (C=O) groups is 4. The SMILES string of the molecule is COc1ccc(OC)c(/C=C(\NC(=O)c2ccccc2)C(=O)Nc2cccc(S[C@@H]3CC(=O)N(c4ccc(Br)cc4)C3=O)c2)c1. The van der Waals surface area contributed by atoms with Gasteiger partial charge in [0.1, 0.15) is 17.2 Å². The number of hydrogen-bond acceptors (Lipinski definition) is 7. The van der Waals surface area contributed by atoms with E-state index in [2.05, 4.69) is 26.6 Å². The van der Waals surface area contributed by atoms with Crippen molar-refractivity contribution in [1.82, 2.24) is 5.32 Å². The third-order valence-corrected chi connectivity index (χ3v) is 8.53. The van der Waals surface area contributed by atoms with Crippen molar-refractivity contribution in [2.75, 3.05) is 24.4 Å². The fourth-order valence-electron chi connectivity index (χ4n) is 4.62. The summed E-state index contributed by atoms with van der Waals surface area (Å²) >= 11 is 4.61. The molecule has 4 aromatic rings. The molecule has 5 rings (SSSR count). The predicted octanol–water partition coefficient (Wildman–Crippen LogP) is 6.30. The molecule has 2 N–H and O–H groups in total. The highest BCUT2D eigenvalue weighted by molar-refractivity contribution is 9.10. The highest BCUT2D eigenvalue weighted by Gasteiger charge is 2.40. The lowest BCUT2D eigenvalue weighted by atomic mass is 10.1. The lowest BCUT2D eigenvalue weighted by Gasteiger charge is -2.15. The summed E-state index contributed by atoms with van der Waals surface area (Å²) in [6, 6.07) is 27.6. The van der Waals surface area contributed by atoms with Crippen LogP contribution in [-0.2, 0) is 14.4 Å². The van der Waals surface area contributed by atoms with Crippen LogP contribution < -0.4 is 25.0 Å². The standard InChI is InChI=1S/C34H28BrN3O6S/c1-43-26-15-16-29(44-2)22(17-26)18-28(37-32(40)21-7-4-3-5-8-21)33(41)36-24-9-6-10-27(19-24)45-30-20-31(39)38(34(30)42)25-13-11-23(35)12-14-25/h3-19,30H,20H2,1-2H3,(H,36,41)(H,37,40)/b28-18-/t30-/m1/s1. The molecule has 0 aliphatic carbocycles. The van der Waals surface area contributed by atoms with Gasteiger partial charge in [-0.1, -0.05) is 40.2 Å². The van der Waals surface area contributed by atoms with Crippen LogP contribution >= 0.6 is 27.7 Å². The van der Waals surface area contributed by atoms with Crippen LogP contribution in [0.3, 0.4) is 0 Å². The fraction of sp³-hybridized carbons (Fsp3) is 0.118. The van der Waals surface area contributed by atoms with E-state index >= 15 is 0 Å². The molecular weight excluding hydrogens is 658 g/mol. The number of halogens is 1. The van der Waals surface area contributed by atoms with Crippen molar-refractivity contribution in [3.05, 3.63) is 118 Å². The molecule has 0 aromatic heterocycles. The van der Waals surface area contributed by atoms with E-state index < -0.39 is 17.1 Å². The van der Waals surface area contributed by atoms with E-state index in [4.69, 9.17) is 9.47 Å². The lowest BCUT2D eigenvalue weighted by Crippen LogP contribution is -2.31. The lowest BCUT2D eigenvalue weighted by molar-refractivity contribution is -0.121. The van der Waals surface area contributed by atoms with E-state index in [1.54, 1.807) is 97.1 Å². The highest BCUT2D eigenvalue weighted by atomic mass is 79.9. The van der Waals surface area contributed by atoms with Gasteiger partial charge in [0, 0.05) is 32.6 Å². The minimum atomic E-state index is -0.617. The Morgan fingerprint density at radius 2 is 1.67 bits per heavy atom. The Balaban J connectivity index is 1.37. The van der Waals surface area contributed by atoms with Gasteiger partial charge in [0.15, 0.2) is 0 Å². The van der Waals surface area contributed by atoms with Gasteiger partial charge in [-0.15, -0.1) is 11.8 Å². The Morgan fingerprint density at radius 1 is 0.911 bits per heavy atom. The summed E-state index contributed by atoms with van der Waals surface area (Å²) in [6.45, 7) is 0. The molecule has 0 saturated carbocycles. The van der Waals surface area contributed by atoms with E-state index in [0.717, 1.165) is 4.47 Å². The number of nitrogens with zero attached hydrogens (tertiary/aromatic N) is 1. The smallest absolute Gasteiger partial charge is 0.272 e. The average Bonchev–Trinajstić information content (AvgIpc) is 3.33. The predicted molar refractivity (Wildman–Crippen MR) is 177 cm³/mol. The molecule has 45 heavy (non-hydrogen) atoms. The Kier molecular flexibility index (Phi) is 10.0. The van der Waals surface area contributed by atoms with Gasteiger partial charge in [0.05, 0.1) is 25.2 Å². The van der Waals surface area contributed by atoms with Gasteiger partial charge in [0.2, 0.25) is 11.8 Å². The first-order valence-electron chi connectivity index (χ1n) is 13.8. The summed E-state index contributed by atoms with van der Waals surface area (Å²) in [5.41, 5.74) is 1.81. The number of hydrogen-bond donors (Lipinski definition) is 2. The third kappa shape index (κ3) is 7.62. The number of methoxy groups -OCH3 is 2. The van der Waals surface area contributed by atoms with Crippen molar-refractivity contribution in [1.29, 1.82) is 0 Å². The molecule has 11 heteroatoms. The number of benzene rings is 4. The number of amides is 4. The minimum Gasteiger partial charge on any atom is -0.497 e. The fourth-order valence-corrected chi connectivity index (χ4v) is 5.99. The van der Waals surface area contributed by atoms with Crippen molar-refractivity contribution in [2.45, 2.75) is 16.6 Å². The number of ether oxygens (including phenoxy) is 2. The van der Waals surface area contributed by atoms with Crippen LogP contribution in [0.4, 0.5) is 11.4 Å². The van der Waals surface area contributed by atoms with Gasteiger partial charge in [-0.05, 0) is 78.9 Å². The zero-order valence-electron chi connectivity index (χ0n) is 24.3. The second-order valence-corrected chi connectivity index (χ2v) is 12.0. The van der Waals surface area contributed by atoms with E-state index in [0.29, 0.717) is 38.9 Å². The van der Waals surface area contributed by atoms with E-state index in [9.17, 15) is 19.2 Å². The van der Waals surface area contributed by atoms with Crippen molar-refractivity contribution < 1.29 is 28.7 Å². The monoisotopic (exact) mass is 685 g/mol. The maximum Gasteiger partial charge on any atom is 0.272 e. The Bertz CT molecular complexity index is 1780. The maximum atomic E-state index is 13.6. The van der Waals surface area contributed by atoms with Crippen LogP contribution in [-0.4, -0.2) is 43.1 Å². The number of thioether (sulfide) groups is 1.